The van der Waals surface area contributed by atoms with Crippen molar-refractivity contribution in [1.29, 1.82) is 0 Å². The number of aryl methyl sites for hydroxylation is 1. The van der Waals surface area contributed by atoms with Gasteiger partial charge in [0.2, 0.25) is 5.91 Å². The highest BCUT2D eigenvalue weighted by Crippen LogP contribution is 2.37. The fourth-order valence-corrected chi connectivity index (χ4v) is 4.15. The summed E-state index contributed by atoms with van der Waals surface area (Å²) in [6, 6.07) is 4.04. The fraction of sp³-hybridized carbons (Fsp3) is 0.611. The van der Waals surface area contributed by atoms with E-state index in [4.69, 9.17) is 0 Å². The molecule has 1 atom stereocenters. The highest BCUT2D eigenvalue weighted by atomic mass is 16.2. The number of nitrogens with one attached hydrogen (secondary N) is 1. The molecule has 2 fully saturated rings. The van der Waals surface area contributed by atoms with Crippen molar-refractivity contribution in [2.24, 2.45) is 0 Å². The summed E-state index contributed by atoms with van der Waals surface area (Å²) in [6.45, 7) is 7.82. The Balaban J connectivity index is 1.60. The van der Waals surface area contributed by atoms with Crippen LogP contribution < -0.4 is 0 Å². The van der Waals surface area contributed by atoms with E-state index >= 15 is 0 Å². The van der Waals surface area contributed by atoms with Crippen molar-refractivity contribution in [1.82, 2.24) is 14.8 Å². The van der Waals surface area contributed by atoms with Gasteiger partial charge < -0.3 is 9.88 Å². The van der Waals surface area contributed by atoms with Crippen molar-refractivity contribution in [3.05, 3.63) is 36.7 Å². The van der Waals surface area contributed by atoms with Crippen molar-refractivity contribution in [2.45, 2.75) is 44.1 Å². The minimum atomic E-state index is 0.217. The Labute approximate surface area is 133 Å². The average molecular weight is 301 g/mol. The molecule has 0 saturated carbocycles. The minimum Gasteiger partial charge on any atom is -0.365 e. The van der Waals surface area contributed by atoms with E-state index in [2.05, 4.69) is 21.4 Å². The molecular formula is C18H27N3O. The molecule has 3 heterocycles. The third-order valence-corrected chi connectivity index (χ3v) is 5.27. The maximum Gasteiger partial charge on any atom is 0.223 e. The number of piperidine rings is 1. The molecule has 4 heteroatoms. The number of carbonyl (C=O) groups is 1. The van der Waals surface area contributed by atoms with E-state index in [0.717, 1.165) is 44.7 Å². The van der Waals surface area contributed by atoms with Crippen LogP contribution in [0.25, 0.3) is 0 Å². The third-order valence-electron chi connectivity index (χ3n) is 5.27. The zero-order valence-corrected chi connectivity index (χ0v) is 13.4. The average Bonchev–Trinajstić information content (AvgIpc) is 3.17. The first kappa shape index (κ1) is 15.3. The number of carbonyl (C=O) groups excluding carboxylic acids is 1. The Bertz CT molecular complexity index is 510. The predicted octanol–water partition coefficient (Wildman–Crippen LogP) is 2.59. The van der Waals surface area contributed by atoms with Crippen LogP contribution in [-0.4, -0.2) is 52.4 Å². The largest absolute Gasteiger partial charge is 0.365 e. The molecule has 1 N–H and O–H groups in total. The van der Waals surface area contributed by atoms with Gasteiger partial charge in [-0.2, -0.15) is 0 Å². The van der Waals surface area contributed by atoms with Gasteiger partial charge >= 0.3 is 0 Å². The van der Waals surface area contributed by atoms with Crippen LogP contribution in [0.15, 0.2) is 31.0 Å². The van der Waals surface area contributed by atoms with Crippen molar-refractivity contribution >= 4 is 5.91 Å². The van der Waals surface area contributed by atoms with Gasteiger partial charge in [0.05, 0.1) is 0 Å². The predicted molar refractivity (Wildman–Crippen MR) is 88.7 cm³/mol. The van der Waals surface area contributed by atoms with Crippen LogP contribution in [0, 0.1) is 0 Å². The van der Waals surface area contributed by atoms with E-state index in [-0.39, 0.29) is 5.54 Å². The van der Waals surface area contributed by atoms with E-state index in [0.29, 0.717) is 12.3 Å². The Hall–Kier alpha value is -1.55. The van der Waals surface area contributed by atoms with E-state index in [1.807, 2.05) is 24.4 Å². The van der Waals surface area contributed by atoms with Gasteiger partial charge in [-0.25, -0.2) is 0 Å². The summed E-state index contributed by atoms with van der Waals surface area (Å²) < 4.78 is 0. The molecule has 1 aromatic heterocycles. The molecule has 2 saturated heterocycles. The molecule has 2 aliphatic heterocycles. The minimum absolute atomic E-state index is 0.217. The van der Waals surface area contributed by atoms with E-state index in [9.17, 15) is 4.79 Å². The zero-order chi connectivity index (χ0) is 15.4. The molecular weight excluding hydrogens is 274 g/mol. The molecule has 1 unspecified atom stereocenters. The molecule has 1 aromatic rings. The van der Waals surface area contributed by atoms with Gasteiger partial charge in [0.25, 0.3) is 0 Å². The van der Waals surface area contributed by atoms with Gasteiger partial charge in [0.1, 0.15) is 0 Å². The molecule has 1 amide bonds. The number of nitrogens with zero attached hydrogens (tertiary/aromatic N) is 2. The first-order valence-electron chi connectivity index (χ1n) is 8.49. The molecule has 22 heavy (non-hydrogen) atoms. The van der Waals surface area contributed by atoms with Crippen LogP contribution in [0.1, 0.15) is 37.8 Å². The SMILES string of the molecule is C=CCN1CCCC12CCCN(C(=O)CCc1ccc[nH]1)C2. The van der Waals surface area contributed by atoms with Gasteiger partial charge in [0.15, 0.2) is 0 Å². The lowest BCUT2D eigenvalue weighted by atomic mass is 9.86. The second kappa shape index (κ2) is 6.69. The Kier molecular flexibility index (Phi) is 4.67. The number of aromatic nitrogens is 1. The summed E-state index contributed by atoms with van der Waals surface area (Å²) in [5.74, 6) is 0.305. The van der Waals surface area contributed by atoms with Gasteiger partial charge in [-0.3, -0.25) is 9.69 Å². The molecule has 1 spiro atoms. The molecule has 0 aromatic carbocycles. The molecule has 0 radical (unpaired) electrons. The van der Waals surface area contributed by atoms with Crippen LogP contribution in [0.5, 0.6) is 0 Å². The maximum atomic E-state index is 12.6. The molecule has 4 nitrogen and oxygen atoms in total. The number of hydrogen-bond acceptors (Lipinski definition) is 2. The maximum absolute atomic E-state index is 12.6. The summed E-state index contributed by atoms with van der Waals surface area (Å²) in [5, 5.41) is 0. The number of likely N-dealkylation sites (tertiary alicyclic amines) is 2. The lowest BCUT2D eigenvalue weighted by Crippen LogP contribution is -2.56. The summed E-state index contributed by atoms with van der Waals surface area (Å²) in [6.07, 6.45) is 10.2. The van der Waals surface area contributed by atoms with Gasteiger partial charge in [-0.05, 0) is 50.8 Å². The number of hydrogen-bond donors (Lipinski definition) is 1. The second-order valence-electron chi connectivity index (χ2n) is 6.68. The van der Waals surface area contributed by atoms with Crippen LogP contribution in [0.3, 0.4) is 0 Å². The van der Waals surface area contributed by atoms with Crippen LogP contribution in [-0.2, 0) is 11.2 Å². The van der Waals surface area contributed by atoms with Crippen LogP contribution >= 0.6 is 0 Å². The lowest BCUT2D eigenvalue weighted by Gasteiger charge is -2.46. The summed E-state index contributed by atoms with van der Waals surface area (Å²) >= 11 is 0. The second-order valence-corrected chi connectivity index (χ2v) is 6.68. The van der Waals surface area contributed by atoms with Gasteiger partial charge in [-0.15, -0.1) is 6.58 Å². The summed E-state index contributed by atoms with van der Waals surface area (Å²) in [5.41, 5.74) is 1.36. The molecule has 2 aliphatic rings. The van der Waals surface area contributed by atoms with Crippen molar-refractivity contribution in [3.8, 4) is 0 Å². The van der Waals surface area contributed by atoms with E-state index in [1.165, 1.54) is 19.3 Å². The molecule has 3 rings (SSSR count). The van der Waals surface area contributed by atoms with Crippen LogP contribution in [0.4, 0.5) is 0 Å². The first-order valence-corrected chi connectivity index (χ1v) is 8.49. The number of H-pyrrole nitrogens is 1. The number of amides is 1. The standard InChI is InChI=1S/C18H27N3O/c1-2-12-21-14-5-10-18(21)9-4-13-20(15-18)17(22)8-7-16-6-3-11-19-16/h2-3,6,11,19H,1,4-5,7-10,12-15H2. The van der Waals surface area contributed by atoms with Crippen molar-refractivity contribution in [3.63, 3.8) is 0 Å². The molecule has 0 bridgehead atoms. The molecule has 120 valence electrons. The summed E-state index contributed by atoms with van der Waals surface area (Å²) in [7, 11) is 0. The summed E-state index contributed by atoms with van der Waals surface area (Å²) in [4.78, 5) is 20.4. The lowest BCUT2D eigenvalue weighted by molar-refractivity contribution is -0.135. The fourth-order valence-electron chi connectivity index (χ4n) is 4.15. The van der Waals surface area contributed by atoms with Crippen molar-refractivity contribution in [2.75, 3.05) is 26.2 Å². The monoisotopic (exact) mass is 301 g/mol. The molecule has 0 aliphatic carbocycles. The van der Waals surface area contributed by atoms with E-state index in [1.54, 1.807) is 0 Å². The third kappa shape index (κ3) is 3.12. The zero-order valence-electron chi connectivity index (χ0n) is 13.4. The van der Waals surface area contributed by atoms with Crippen molar-refractivity contribution < 1.29 is 4.79 Å². The topological polar surface area (TPSA) is 39.3 Å². The Morgan fingerprint density at radius 1 is 1.36 bits per heavy atom. The quantitative estimate of drug-likeness (QED) is 0.849. The van der Waals surface area contributed by atoms with Crippen LogP contribution in [0.2, 0.25) is 0 Å². The number of rotatable bonds is 5. The normalized spacial score (nSPS) is 25.7. The van der Waals surface area contributed by atoms with Gasteiger partial charge in [-0.1, -0.05) is 6.08 Å². The first-order chi connectivity index (χ1) is 10.7. The highest BCUT2D eigenvalue weighted by Gasteiger charge is 2.44. The Morgan fingerprint density at radius 2 is 2.18 bits per heavy atom. The highest BCUT2D eigenvalue weighted by molar-refractivity contribution is 5.76. The van der Waals surface area contributed by atoms with Gasteiger partial charge in [0, 0.05) is 43.5 Å². The number of aromatic amines is 1. The Morgan fingerprint density at radius 3 is 2.91 bits per heavy atom. The van der Waals surface area contributed by atoms with E-state index < -0.39 is 0 Å². The smallest absolute Gasteiger partial charge is 0.223 e.